The van der Waals surface area contributed by atoms with Crippen LogP contribution in [0.3, 0.4) is 0 Å². The van der Waals surface area contributed by atoms with E-state index in [0.29, 0.717) is 22.9 Å². The number of carboxylic acid groups (broad SMARTS) is 1. The van der Waals surface area contributed by atoms with E-state index in [1.54, 1.807) is 19.2 Å². The number of carboxylic acids is 1. The third kappa shape index (κ3) is 4.53. The number of methoxy groups -OCH3 is 1. The monoisotopic (exact) mass is 496 g/mol. The molecule has 4 aromatic carbocycles. The highest BCUT2D eigenvalue weighted by Crippen LogP contribution is 2.36. The number of benzene rings is 4. The summed E-state index contributed by atoms with van der Waals surface area (Å²) in [5.74, 6) is -0.441. The maximum absolute atomic E-state index is 11.4. The molecule has 5 aromatic rings. The van der Waals surface area contributed by atoms with Crippen LogP contribution < -0.4 is 10.5 Å². The molecule has 0 saturated heterocycles. The van der Waals surface area contributed by atoms with E-state index >= 15 is 0 Å². The topological polar surface area (TPSA) is 77.5 Å². The zero-order chi connectivity index (χ0) is 25.2. The number of aromatic carboxylic acids is 1. The summed E-state index contributed by atoms with van der Waals surface area (Å²) in [6, 6.07) is 29.0. The van der Waals surface area contributed by atoms with Crippen LogP contribution in [0.5, 0.6) is 5.75 Å². The lowest BCUT2D eigenvalue weighted by Crippen LogP contribution is -2.11. The standard InChI is InChI=1S/C30H25ClN2O3/c1-36-28-16-22(30(34)35)8-7-21(28)15-23-18-33(27-17-24(31)11-14-26(23)27)29(19-5-3-2-4-6-19)20-9-12-25(32)13-10-20/h2-14,16-18,29H,15,32H2,1H3,(H,34,35). The molecule has 0 radical (unpaired) electrons. The summed E-state index contributed by atoms with van der Waals surface area (Å²) in [4.78, 5) is 11.4. The van der Waals surface area contributed by atoms with Crippen LogP contribution in [0.2, 0.25) is 5.02 Å². The number of halogens is 1. The molecule has 5 nitrogen and oxygen atoms in total. The summed E-state index contributed by atoms with van der Waals surface area (Å²) < 4.78 is 7.79. The Morgan fingerprint density at radius 2 is 1.67 bits per heavy atom. The summed E-state index contributed by atoms with van der Waals surface area (Å²) in [6.07, 6.45) is 2.72. The maximum atomic E-state index is 11.4. The first-order chi connectivity index (χ1) is 17.4. The number of nitrogens with two attached hydrogens (primary N) is 1. The van der Waals surface area contributed by atoms with Crippen molar-refractivity contribution in [2.75, 3.05) is 12.8 Å². The molecule has 0 spiro atoms. The molecule has 1 aromatic heterocycles. The van der Waals surface area contributed by atoms with E-state index in [2.05, 4.69) is 35.0 Å². The average Bonchev–Trinajstić information content (AvgIpc) is 3.23. The lowest BCUT2D eigenvalue weighted by Gasteiger charge is -2.22. The van der Waals surface area contributed by atoms with E-state index in [0.717, 1.165) is 33.2 Å². The third-order valence-corrected chi connectivity index (χ3v) is 6.67. The molecule has 0 fully saturated rings. The maximum Gasteiger partial charge on any atom is 0.335 e. The van der Waals surface area contributed by atoms with Crippen LogP contribution in [-0.2, 0) is 6.42 Å². The van der Waals surface area contributed by atoms with Crippen LogP contribution in [0, 0.1) is 0 Å². The van der Waals surface area contributed by atoms with E-state index in [1.165, 1.54) is 0 Å². The minimum atomic E-state index is -0.986. The van der Waals surface area contributed by atoms with Gasteiger partial charge in [-0.15, -0.1) is 0 Å². The van der Waals surface area contributed by atoms with Crippen molar-refractivity contribution < 1.29 is 14.6 Å². The number of anilines is 1. The number of fused-ring (bicyclic) bond motifs is 1. The molecule has 1 heterocycles. The summed E-state index contributed by atoms with van der Waals surface area (Å²) in [7, 11) is 1.56. The average molecular weight is 497 g/mol. The molecular formula is C30H25ClN2O3. The Balaban J connectivity index is 1.68. The van der Waals surface area contributed by atoms with E-state index < -0.39 is 5.97 Å². The van der Waals surface area contributed by atoms with Crippen molar-refractivity contribution >= 4 is 34.2 Å². The Bertz CT molecular complexity index is 1540. The molecule has 0 saturated carbocycles. The Labute approximate surface area is 214 Å². The van der Waals surface area contributed by atoms with Crippen LogP contribution in [0.1, 0.15) is 38.7 Å². The number of aromatic nitrogens is 1. The second-order valence-electron chi connectivity index (χ2n) is 8.71. The number of nitrogens with zero attached hydrogens (tertiary/aromatic N) is 1. The number of nitrogen functional groups attached to an aromatic ring is 1. The van der Waals surface area contributed by atoms with Gasteiger partial charge < -0.3 is 20.1 Å². The van der Waals surface area contributed by atoms with Crippen molar-refractivity contribution in [3.05, 3.63) is 130 Å². The fourth-order valence-electron chi connectivity index (χ4n) is 4.71. The fraction of sp³-hybridized carbons (Fsp3) is 0.100. The van der Waals surface area contributed by atoms with Crippen molar-refractivity contribution in [3.63, 3.8) is 0 Å². The Morgan fingerprint density at radius 1 is 0.944 bits per heavy atom. The van der Waals surface area contributed by atoms with Crippen molar-refractivity contribution in [3.8, 4) is 5.75 Å². The Hall–Kier alpha value is -4.22. The number of rotatable bonds is 7. The van der Waals surface area contributed by atoms with E-state index in [1.807, 2.05) is 54.6 Å². The zero-order valence-corrected chi connectivity index (χ0v) is 20.4. The first-order valence-electron chi connectivity index (χ1n) is 11.5. The van der Waals surface area contributed by atoms with Gasteiger partial charge in [-0.05, 0) is 58.7 Å². The van der Waals surface area contributed by atoms with Crippen molar-refractivity contribution in [2.24, 2.45) is 0 Å². The van der Waals surface area contributed by atoms with E-state index in [9.17, 15) is 9.90 Å². The van der Waals surface area contributed by atoms with Gasteiger partial charge in [0.2, 0.25) is 0 Å². The lowest BCUT2D eigenvalue weighted by molar-refractivity contribution is 0.0696. The zero-order valence-electron chi connectivity index (χ0n) is 19.7. The fourth-order valence-corrected chi connectivity index (χ4v) is 4.87. The molecule has 1 atom stereocenters. The van der Waals surface area contributed by atoms with Crippen LogP contribution in [0.15, 0.2) is 97.2 Å². The normalized spacial score (nSPS) is 11.9. The molecule has 3 N–H and O–H groups in total. The molecule has 6 heteroatoms. The van der Waals surface area contributed by atoms with E-state index in [-0.39, 0.29) is 11.6 Å². The van der Waals surface area contributed by atoms with Gasteiger partial charge in [-0.3, -0.25) is 0 Å². The molecule has 0 amide bonds. The third-order valence-electron chi connectivity index (χ3n) is 6.44. The SMILES string of the molecule is COc1cc(C(=O)O)ccc1Cc1cn(C(c2ccccc2)c2ccc(N)cc2)c2cc(Cl)ccc12. The summed E-state index contributed by atoms with van der Waals surface area (Å²) in [6.45, 7) is 0. The number of hydrogen-bond donors (Lipinski definition) is 2. The van der Waals surface area contributed by atoms with Crippen LogP contribution >= 0.6 is 11.6 Å². The van der Waals surface area contributed by atoms with Gasteiger partial charge in [-0.1, -0.05) is 66.2 Å². The van der Waals surface area contributed by atoms with Crippen molar-refractivity contribution in [1.29, 1.82) is 0 Å². The van der Waals surface area contributed by atoms with Gasteiger partial charge in [0.05, 0.1) is 24.2 Å². The highest BCUT2D eigenvalue weighted by molar-refractivity contribution is 6.31. The number of ether oxygens (including phenoxy) is 1. The minimum Gasteiger partial charge on any atom is -0.496 e. The van der Waals surface area contributed by atoms with Crippen molar-refractivity contribution in [2.45, 2.75) is 12.5 Å². The van der Waals surface area contributed by atoms with Gasteiger partial charge in [0.25, 0.3) is 0 Å². The molecule has 0 bridgehead atoms. The van der Waals surface area contributed by atoms with Gasteiger partial charge in [0.15, 0.2) is 0 Å². The summed E-state index contributed by atoms with van der Waals surface area (Å²) in [5.41, 5.74) is 12.1. The lowest BCUT2D eigenvalue weighted by atomic mass is 9.98. The predicted molar refractivity (Wildman–Crippen MR) is 144 cm³/mol. The largest absolute Gasteiger partial charge is 0.496 e. The Morgan fingerprint density at radius 3 is 2.36 bits per heavy atom. The highest BCUT2D eigenvalue weighted by atomic mass is 35.5. The molecule has 0 aliphatic rings. The molecule has 5 rings (SSSR count). The Kier molecular flexibility index (Phi) is 6.40. The second-order valence-corrected chi connectivity index (χ2v) is 9.15. The van der Waals surface area contributed by atoms with Crippen LogP contribution in [0.25, 0.3) is 10.9 Å². The molecule has 1 unspecified atom stereocenters. The molecule has 180 valence electrons. The molecular weight excluding hydrogens is 472 g/mol. The molecule has 0 aliphatic carbocycles. The summed E-state index contributed by atoms with van der Waals surface area (Å²) in [5, 5.41) is 11.1. The smallest absolute Gasteiger partial charge is 0.335 e. The minimum absolute atomic E-state index is 0.0993. The van der Waals surface area contributed by atoms with Crippen LogP contribution in [0.4, 0.5) is 5.69 Å². The molecule has 36 heavy (non-hydrogen) atoms. The van der Waals surface area contributed by atoms with Gasteiger partial charge in [0.1, 0.15) is 5.75 Å². The first kappa shape index (κ1) is 23.5. The molecule has 0 aliphatic heterocycles. The number of hydrogen-bond acceptors (Lipinski definition) is 3. The quantitative estimate of drug-likeness (QED) is 0.242. The van der Waals surface area contributed by atoms with Crippen LogP contribution in [-0.4, -0.2) is 22.8 Å². The summed E-state index contributed by atoms with van der Waals surface area (Å²) >= 11 is 6.47. The van der Waals surface area contributed by atoms with Crippen molar-refractivity contribution in [1.82, 2.24) is 4.57 Å². The number of carbonyl (C=O) groups is 1. The second kappa shape index (κ2) is 9.80. The highest BCUT2D eigenvalue weighted by Gasteiger charge is 2.21. The van der Waals surface area contributed by atoms with Gasteiger partial charge >= 0.3 is 5.97 Å². The predicted octanol–water partition coefficient (Wildman–Crippen LogP) is 6.81. The first-order valence-corrected chi connectivity index (χ1v) is 11.9. The van der Waals surface area contributed by atoms with Gasteiger partial charge in [-0.2, -0.15) is 0 Å². The van der Waals surface area contributed by atoms with Gasteiger partial charge in [-0.25, -0.2) is 4.79 Å². The van der Waals surface area contributed by atoms with Gasteiger partial charge in [0, 0.05) is 28.7 Å². The van der Waals surface area contributed by atoms with E-state index in [4.69, 9.17) is 22.1 Å².